The molecule has 1 N–H and O–H groups in total. The molecule has 2 aromatic carbocycles. The summed E-state index contributed by atoms with van der Waals surface area (Å²) < 4.78 is 0. The third-order valence-corrected chi connectivity index (χ3v) is 3.38. The molecule has 0 amide bonds. The van der Waals surface area contributed by atoms with E-state index in [0.717, 1.165) is 11.1 Å². The van der Waals surface area contributed by atoms with E-state index in [1.807, 2.05) is 37.3 Å². The molecule has 2 heteroatoms. The van der Waals surface area contributed by atoms with Crippen molar-refractivity contribution >= 4 is 22.8 Å². The van der Waals surface area contributed by atoms with Crippen molar-refractivity contribution in [1.29, 1.82) is 0 Å². The summed E-state index contributed by atoms with van der Waals surface area (Å²) in [5.41, 5.74) is 2.96. The number of rotatable bonds is 5. The number of hydrogen-bond acceptors (Lipinski definition) is 1. The van der Waals surface area contributed by atoms with Gasteiger partial charge in [-0.05, 0) is 41.8 Å². The summed E-state index contributed by atoms with van der Waals surface area (Å²) in [7, 11) is 0. The maximum atomic E-state index is 10.5. The Balaban J connectivity index is 2.07. The summed E-state index contributed by atoms with van der Waals surface area (Å²) in [5.74, 6) is -0.927. The van der Waals surface area contributed by atoms with E-state index in [1.54, 1.807) is 13.0 Å². The van der Waals surface area contributed by atoms with Crippen LogP contribution < -0.4 is 0 Å². The van der Waals surface area contributed by atoms with Gasteiger partial charge in [0.15, 0.2) is 0 Å². The standard InChI is InChI=1S/C21H20O2/c1-16(6-5-7-17(2)14-21(22)23)10-11-18-12-13-19-8-3-4-9-20(19)15-18/h3-15H,1-2H3,(H,22,23)/b7-5+,11-10+,16-6+,17-14+. The van der Waals surface area contributed by atoms with E-state index in [0.29, 0.717) is 5.57 Å². The van der Waals surface area contributed by atoms with E-state index in [4.69, 9.17) is 5.11 Å². The van der Waals surface area contributed by atoms with Crippen LogP contribution in [-0.4, -0.2) is 11.1 Å². The van der Waals surface area contributed by atoms with Gasteiger partial charge in [-0.3, -0.25) is 0 Å². The Labute approximate surface area is 136 Å². The molecule has 2 rings (SSSR count). The van der Waals surface area contributed by atoms with Crippen molar-refractivity contribution in [3.05, 3.63) is 89.6 Å². The number of benzene rings is 2. The fourth-order valence-electron chi connectivity index (χ4n) is 2.19. The lowest BCUT2D eigenvalue weighted by Crippen LogP contribution is -1.87. The van der Waals surface area contributed by atoms with Crippen molar-refractivity contribution in [2.24, 2.45) is 0 Å². The zero-order valence-electron chi connectivity index (χ0n) is 13.4. The summed E-state index contributed by atoms with van der Waals surface area (Å²) >= 11 is 0. The highest BCUT2D eigenvalue weighted by atomic mass is 16.4. The minimum Gasteiger partial charge on any atom is -0.478 e. The third kappa shape index (κ3) is 5.44. The topological polar surface area (TPSA) is 37.3 Å². The van der Waals surface area contributed by atoms with Crippen LogP contribution in [0.5, 0.6) is 0 Å². The second kappa shape index (κ2) is 7.95. The van der Waals surface area contributed by atoms with E-state index in [2.05, 4.69) is 36.4 Å². The average Bonchev–Trinajstić information content (AvgIpc) is 2.52. The van der Waals surface area contributed by atoms with Gasteiger partial charge in [0.05, 0.1) is 0 Å². The Morgan fingerprint density at radius 3 is 2.43 bits per heavy atom. The van der Waals surface area contributed by atoms with Gasteiger partial charge in [0.2, 0.25) is 0 Å². The van der Waals surface area contributed by atoms with Gasteiger partial charge in [0.25, 0.3) is 0 Å². The van der Waals surface area contributed by atoms with Crippen LogP contribution in [0.1, 0.15) is 19.4 Å². The van der Waals surface area contributed by atoms with Gasteiger partial charge in [-0.2, -0.15) is 0 Å². The first-order chi connectivity index (χ1) is 11.0. The smallest absolute Gasteiger partial charge is 0.328 e. The first kappa shape index (κ1) is 16.5. The van der Waals surface area contributed by atoms with Crippen LogP contribution in [0.3, 0.4) is 0 Å². The number of carboxylic acid groups (broad SMARTS) is 1. The summed E-state index contributed by atoms with van der Waals surface area (Å²) in [6.07, 6.45) is 10.9. The number of carbonyl (C=O) groups is 1. The first-order valence-electron chi connectivity index (χ1n) is 7.48. The van der Waals surface area contributed by atoms with E-state index in [-0.39, 0.29) is 0 Å². The van der Waals surface area contributed by atoms with Gasteiger partial charge in [0.1, 0.15) is 0 Å². The molecule has 23 heavy (non-hydrogen) atoms. The Morgan fingerprint density at radius 2 is 1.70 bits per heavy atom. The van der Waals surface area contributed by atoms with Crippen LogP contribution in [0.15, 0.2) is 84.0 Å². The molecule has 0 aliphatic rings. The van der Waals surface area contributed by atoms with Gasteiger partial charge in [-0.1, -0.05) is 72.4 Å². The molecule has 0 saturated carbocycles. The molecule has 0 fully saturated rings. The SMILES string of the molecule is CC(/C=C/c1ccc2ccccc2c1)=C\C=C\C(C)=C\C(=O)O. The highest BCUT2D eigenvalue weighted by molar-refractivity contribution is 5.84. The predicted octanol–water partition coefficient (Wildman–Crippen LogP) is 5.39. The molecule has 0 bridgehead atoms. The molecule has 2 aromatic rings. The lowest BCUT2D eigenvalue weighted by molar-refractivity contribution is -0.131. The fraction of sp³-hybridized carbons (Fsp3) is 0.0952. The zero-order chi connectivity index (χ0) is 16.7. The quantitative estimate of drug-likeness (QED) is 0.594. The van der Waals surface area contributed by atoms with Crippen LogP contribution in [0.2, 0.25) is 0 Å². The molecule has 0 saturated heterocycles. The summed E-state index contributed by atoms with van der Waals surface area (Å²) in [5, 5.41) is 11.1. The molecule has 0 heterocycles. The van der Waals surface area contributed by atoms with Crippen LogP contribution in [0, 0.1) is 0 Å². The van der Waals surface area contributed by atoms with Crippen LogP contribution >= 0.6 is 0 Å². The fourth-order valence-corrected chi connectivity index (χ4v) is 2.19. The molecular weight excluding hydrogens is 284 g/mol. The molecule has 2 nitrogen and oxygen atoms in total. The zero-order valence-corrected chi connectivity index (χ0v) is 13.4. The molecule has 0 aromatic heterocycles. The third-order valence-electron chi connectivity index (χ3n) is 3.38. The molecular formula is C21H20O2. The minimum atomic E-state index is -0.927. The van der Waals surface area contributed by atoms with Gasteiger partial charge < -0.3 is 5.11 Å². The van der Waals surface area contributed by atoms with E-state index in [1.165, 1.54) is 16.8 Å². The van der Waals surface area contributed by atoms with Crippen molar-refractivity contribution in [3.63, 3.8) is 0 Å². The summed E-state index contributed by atoms with van der Waals surface area (Å²) in [6, 6.07) is 14.7. The average molecular weight is 304 g/mol. The van der Waals surface area contributed by atoms with Gasteiger partial charge in [-0.25, -0.2) is 4.79 Å². The van der Waals surface area contributed by atoms with Crippen molar-refractivity contribution in [1.82, 2.24) is 0 Å². The second-order valence-corrected chi connectivity index (χ2v) is 5.44. The Morgan fingerprint density at radius 1 is 0.957 bits per heavy atom. The maximum Gasteiger partial charge on any atom is 0.328 e. The van der Waals surface area contributed by atoms with Crippen LogP contribution in [0.4, 0.5) is 0 Å². The lowest BCUT2D eigenvalue weighted by atomic mass is 10.1. The van der Waals surface area contributed by atoms with Crippen molar-refractivity contribution in [2.75, 3.05) is 0 Å². The number of fused-ring (bicyclic) bond motifs is 1. The van der Waals surface area contributed by atoms with Crippen molar-refractivity contribution < 1.29 is 9.90 Å². The molecule has 0 aliphatic heterocycles. The predicted molar refractivity (Wildman–Crippen MR) is 97.3 cm³/mol. The van der Waals surface area contributed by atoms with Crippen LogP contribution in [-0.2, 0) is 4.79 Å². The largest absolute Gasteiger partial charge is 0.478 e. The van der Waals surface area contributed by atoms with Gasteiger partial charge in [0, 0.05) is 6.08 Å². The highest BCUT2D eigenvalue weighted by Crippen LogP contribution is 2.17. The van der Waals surface area contributed by atoms with Crippen LogP contribution in [0.25, 0.3) is 16.8 Å². The number of allylic oxidation sites excluding steroid dienone is 6. The minimum absolute atomic E-state index is 0.708. The van der Waals surface area contributed by atoms with Crippen molar-refractivity contribution in [2.45, 2.75) is 13.8 Å². The molecule has 0 radical (unpaired) electrons. The van der Waals surface area contributed by atoms with Gasteiger partial charge in [-0.15, -0.1) is 0 Å². The summed E-state index contributed by atoms with van der Waals surface area (Å²) in [6.45, 7) is 3.77. The Hall–Kier alpha value is -2.87. The number of aliphatic carboxylic acids is 1. The van der Waals surface area contributed by atoms with Crippen molar-refractivity contribution in [3.8, 4) is 0 Å². The number of carboxylic acids is 1. The molecule has 0 atom stereocenters. The normalized spacial score (nSPS) is 13.3. The molecule has 0 spiro atoms. The summed E-state index contributed by atoms with van der Waals surface area (Å²) in [4.78, 5) is 10.5. The van der Waals surface area contributed by atoms with E-state index < -0.39 is 5.97 Å². The molecule has 0 aliphatic carbocycles. The second-order valence-electron chi connectivity index (χ2n) is 5.44. The molecule has 116 valence electrons. The maximum absolute atomic E-state index is 10.5. The Kier molecular flexibility index (Phi) is 5.70. The van der Waals surface area contributed by atoms with E-state index >= 15 is 0 Å². The first-order valence-corrected chi connectivity index (χ1v) is 7.48. The monoisotopic (exact) mass is 304 g/mol. The van der Waals surface area contributed by atoms with Gasteiger partial charge >= 0.3 is 5.97 Å². The number of hydrogen-bond donors (Lipinski definition) is 1. The van der Waals surface area contributed by atoms with E-state index in [9.17, 15) is 4.79 Å². The highest BCUT2D eigenvalue weighted by Gasteiger charge is 1.93. The lowest BCUT2D eigenvalue weighted by Gasteiger charge is -1.99. The molecule has 0 unspecified atom stereocenters. The Bertz CT molecular complexity index is 821.